The molecule has 1 unspecified atom stereocenters. The lowest BCUT2D eigenvalue weighted by Gasteiger charge is -2.28. The number of hydrogen-bond acceptors (Lipinski definition) is 3. The van der Waals surface area contributed by atoms with E-state index in [4.69, 9.17) is 0 Å². The molecule has 7 heteroatoms. The van der Waals surface area contributed by atoms with Crippen LogP contribution in [0.4, 0.5) is 8.78 Å². The standard InChI is InChI=1S/C22H27F2NO3S/c1-12-7-13(2)20(14(3)8-12)15-9-16(21(24)17(23)10-15)18(11-19(26)27)25-29(28)22(4,5)6/h7-10,18,25H,11H2,1-6H3,(H,26,27)/t18?,29-/m1/s1. The molecule has 0 amide bonds. The Balaban J connectivity index is 2.62. The molecule has 2 rings (SSSR count). The van der Waals surface area contributed by atoms with E-state index >= 15 is 0 Å². The maximum Gasteiger partial charge on any atom is 0.305 e. The molecular formula is C22H27F2NO3S. The number of rotatable bonds is 6. The first-order chi connectivity index (χ1) is 13.3. The molecule has 0 fully saturated rings. The summed E-state index contributed by atoms with van der Waals surface area (Å²) in [5.74, 6) is -3.42. The van der Waals surface area contributed by atoms with Crippen LogP contribution in [0.5, 0.6) is 0 Å². The topological polar surface area (TPSA) is 72.4 Å². The fraction of sp³-hybridized carbons (Fsp3) is 0.409. The van der Waals surface area contributed by atoms with E-state index in [1.165, 1.54) is 6.07 Å². The van der Waals surface area contributed by atoms with E-state index in [9.17, 15) is 23.2 Å². The molecule has 0 bridgehead atoms. The van der Waals surface area contributed by atoms with Gasteiger partial charge in [-0.25, -0.2) is 8.78 Å². The highest BCUT2D eigenvalue weighted by Gasteiger charge is 2.33. The van der Waals surface area contributed by atoms with Crippen LogP contribution < -0.4 is 4.72 Å². The molecule has 4 nitrogen and oxygen atoms in total. The summed E-state index contributed by atoms with van der Waals surface area (Å²) in [5.41, 5.74) is 3.92. The molecule has 0 aromatic heterocycles. The van der Waals surface area contributed by atoms with Crippen molar-refractivity contribution in [3.8, 4) is 11.1 Å². The summed E-state index contributed by atoms with van der Waals surface area (Å²) in [6.45, 7) is 10.9. The molecule has 29 heavy (non-hydrogen) atoms. The van der Waals surface area contributed by atoms with Crippen LogP contribution in [0.25, 0.3) is 11.1 Å². The van der Waals surface area contributed by atoms with Crippen LogP contribution in [-0.4, -0.2) is 20.4 Å². The highest BCUT2D eigenvalue weighted by molar-refractivity contribution is 7.90. The highest BCUT2D eigenvalue weighted by Crippen LogP contribution is 2.34. The number of nitrogens with one attached hydrogen (secondary N) is 1. The second-order valence-corrected chi connectivity index (χ2v) is 10.3. The molecule has 0 aliphatic rings. The van der Waals surface area contributed by atoms with Crippen molar-refractivity contribution >= 4 is 17.3 Å². The fourth-order valence-electron chi connectivity index (χ4n) is 3.34. The molecule has 0 saturated heterocycles. The predicted molar refractivity (Wildman–Crippen MR) is 112 cm³/mol. The van der Waals surface area contributed by atoms with Crippen molar-refractivity contribution in [2.45, 2.75) is 58.8 Å². The zero-order valence-electron chi connectivity index (χ0n) is 17.5. The van der Waals surface area contributed by atoms with Gasteiger partial charge in [0.1, 0.15) is 4.75 Å². The highest BCUT2D eigenvalue weighted by atomic mass is 32.2. The van der Waals surface area contributed by atoms with Gasteiger partial charge in [0.25, 0.3) is 0 Å². The largest absolute Gasteiger partial charge is 0.598 e. The van der Waals surface area contributed by atoms with E-state index in [-0.39, 0.29) is 5.56 Å². The average Bonchev–Trinajstić information content (AvgIpc) is 2.54. The summed E-state index contributed by atoms with van der Waals surface area (Å²) < 4.78 is 43.7. The van der Waals surface area contributed by atoms with E-state index in [1.807, 2.05) is 32.9 Å². The van der Waals surface area contributed by atoms with Gasteiger partial charge in [0.05, 0.1) is 12.5 Å². The van der Waals surface area contributed by atoms with Gasteiger partial charge >= 0.3 is 5.97 Å². The monoisotopic (exact) mass is 423 g/mol. The lowest BCUT2D eigenvalue weighted by atomic mass is 9.91. The summed E-state index contributed by atoms with van der Waals surface area (Å²) in [5, 5.41) is 9.27. The van der Waals surface area contributed by atoms with Crippen molar-refractivity contribution in [2.24, 2.45) is 0 Å². The number of aliphatic carboxylic acids is 1. The Bertz CT molecular complexity index is 902. The van der Waals surface area contributed by atoms with Crippen LogP contribution in [-0.2, 0) is 16.2 Å². The van der Waals surface area contributed by atoms with E-state index in [2.05, 4.69) is 4.72 Å². The summed E-state index contributed by atoms with van der Waals surface area (Å²) in [6.07, 6.45) is -0.534. The number of carboxylic acid groups (broad SMARTS) is 1. The maximum atomic E-state index is 14.7. The first kappa shape index (κ1) is 23.3. The number of halogens is 2. The van der Waals surface area contributed by atoms with E-state index in [1.54, 1.807) is 20.8 Å². The van der Waals surface area contributed by atoms with Gasteiger partial charge in [0.2, 0.25) is 0 Å². The van der Waals surface area contributed by atoms with Gasteiger partial charge in [-0.05, 0) is 75.9 Å². The fourth-order valence-corrected chi connectivity index (χ4v) is 4.16. The van der Waals surface area contributed by atoms with E-state index < -0.39 is 46.2 Å². The Hall–Kier alpha value is -1.96. The Labute approximate surface area is 173 Å². The summed E-state index contributed by atoms with van der Waals surface area (Å²) in [4.78, 5) is 11.4. The van der Waals surface area contributed by atoms with Crippen LogP contribution in [0, 0.1) is 32.4 Å². The molecule has 2 aromatic carbocycles. The summed E-state index contributed by atoms with van der Waals surface area (Å²) in [7, 11) is 0. The Morgan fingerprint density at radius 1 is 1.14 bits per heavy atom. The second-order valence-electron chi connectivity index (χ2n) is 8.28. The number of aryl methyl sites for hydroxylation is 3. The minimum Gasteiger partial charge on any atom is -0.598 e. The molecule has 2 atom stereocenters. The van der Waals surface area contributed by atoms with Crippen molar-refractivity contribution < 1.29 is 23.2 Å². The zero-order chi connectivity index (χ0) is 22.1. The van der Waals surface area contributed by atoms with Gasteiger partial charge in [-0.15, -0.1) is 4.72 Å². The number of carboxylic acids is 1. The van der Waals surface area contributed by atoms with Crippen LogP contribution >= 0.6 is 0 Å². The number of carbonyl (C=O) groups is 1. The van der Waals surface area contributed by atoms with Crippen LogP contribution in [0.1, 0.15) is 55.5 Å². The number of hydrogen-bond donors (Lipinski definition) is 2. The quantitative estimate of drug-likeness (QED) is 0.632. The molecule has 0 aliphatic carbocycles. The molecule has 158 valence electrons. The second kappa shape index (κ2) is 8.81. The summed E-state index contributed by atoms with van der Waals surface area (Å²) >= 11 is -1.66. The van der Waals surface area contributed by atoms with Gasteiger partial charge in [0.15, 0.2) is 11.6 Å². The number of benzene rings is 2. The minimum absolute atomic E-state index is 0.153. The molecule has 0 spiro atoms. The Morgan fingerprint density at radius 2 is 1.69 bits per heavy atom. The van der Waals surface area contributed by atoms with E-state index in [0.717, 1.165) is 28.3 Å². The van der Waals surface area contributed by atoms with Gasteiger partial charge < -0.3 is 9.66 Å². The Morgan fingerprint density at radius 3 is 2.17 bits per heavy atom. The molecule has 0 radical (unpaired) electrons. The minimum atomic E-state index is -1.66. The van der Waals surface area contributed by atoms with Crippen molar-refractivity contribution in [3.63, 3.8) is 0 Å². The van der Waals surface area contributed by atoms with Crippen LogP contribution in [0.3, 0.4) is 0 Å². The van der Waals surface area contributed by atoms with Crippen molar-refractivity contribution in [2.75, 3.05) is 0 Å². The maximum absolute atomic E-state index is 14.7. The third kappa shape index (κ3) is 5.56. The smallest absolute Gasteiger partial charge is 0.305 e. The lowest BCUT2D eigenvalue weighted by Crippen LogP contribution is -2.42. The van der Waals surface area contributed by atoms with Crippen molar-refractivity contribution in [1.82, 2.24) is 4.72 Å². The molecule has 0 heterocycles. The van der Waals surface area contributed by atoms with Crippen LogP contribution in [0.15, 0.2) is 24.3 Å². The molecule has 0 saturated carbocycles. The van der Waals surface area contributed by atoms with Gasteiger partial charge in [0, 0.05) is 16.9 Å². The van der Waals surface area contributed by atoms with Crippen LogP contribution in [0.2, 0.25) is 0 Å². The predicted octanol–water partition coefficient (Wildman–Crippen LogP) is 5.12. The SMILES string of the molecule is Cc1cc(C)c(-c2cc(F)c(F)c(C(CC(=O)O)N[S@+]([O-])C(C)(C)C)c2)c(C)c1. The summed E-state index contributed by atoms with van der Waals surface area (Å²) in [6, 6.07) is 5.31. The van der Waals surface area contributed by atoms with Crippen molar-refractivity contribution in [3.05, 3.63) is 58.2 Å². The lowest BCUT2D eigenvalue weighted by molar-refractivity contribution is -0.137. The normalized spacial score (nSPS) is 14.0. The average molecular weight is 424 g/mol. The third-order valence-corrected chi connectivity index (χ3v) is 6.19. The van der Waals surface area contributed by atoms with Gasteiger partial charge in [-0.1, -0.05) is 17.7 Å². The Kier molecular flexibility index (Phi) is 7.09. The van der Waals surface area contributed by atoms with Gasteiger partial charge in [-0.3, -0.25) is 4.79 Å². The molecular weight excluding hydrogens is 396 g/mol. The molecule has 0 aliphatic heterocycles. The first-order valence-electron chi connectivity index (χ1n) is 9.28. The first-order valence-corrected chi connectivity index (χ1v) is 10.4. The molecule has 2 N–H and O–H groups in total. The van der Waals surface area contributed by atoms with Gasteiger partial charge in [-0.2, -0.15) is 0 Å². The zero-order valence-corrected chi connectivity index (χ0v) is 18.3. The van der Waals surface area contributed by atoms with Crippen molar-refractivity contribution in [1.29, 1.82) is 0 Å². The molecule has 2 aromatic rings. The third-order valence-electron chi connectivity index (χ3n) is 4.58. The van der Waals surface area contributed by atoms with E-state index in [0.29, 0.717) is 5.56 Å².